The summed E-state index contributed by atoms with van der Waals surface area (Å²) in [6, 6.07) is 11.3. The number of aromatic hydroxyl groups is 1. The molecule has 2 fully saturated rings. The van der Waals surface area contributed by atoms with E-state index in [0.717, 1.165) is 88.0 Å². The normalized spacial score (nSPS) is 17.7. The van der Waals surface area contributed by atoms with Gasteiger partial charge < -0.3 is 24.4 Å². The SMILES string of the molecule is CN1CCC(OC(c2ccc(F)cn2)c2ccc(F)c(F)c2O)CC1.Cc1ccc(C(OC2CCN(C)CC2)c2cc(C(F)(F)F)ccn2)c(F)c1. The average Bonchev–Trinajstić information content (AvgIpc) is 3.11. The molecule has 280 valence electrons. The first-order valence-corrected chi connectivity index (χ1v) is 16.9. The topological polar surface area (TPSA) is 71.0 Å². The van der Waals surface area contributed by atoms with E-state index < -0.39 is 53.0 Å². The number of likely N-dealkylation sites (tertiary alicyclic amines) is 2. The van der Waals surface area contributed by atoms with Crippen molar-refractivity contribution in [3.8, 4) is 5.75 Å². The molecule has 0 spiro atoms. The second-order valence-corrected chi connectivity index (χ2v) is 13.2. The van der Waals surface area contributed by atoms with Gasteiger partial charge in [0.25, 0.3) is 0 Å². The summed E-state index contributed by atoms with van der Waals surface area (Å²) in [7, 11) is 4.01. The number of piperidine rings is 2. The van der Waals surface area contributed by atoms with Crippen LogP contribution in [0.1, 0.15) is 71.5 Å². The number of ether oxygens (including phenoxy) is 2. The van der Waals surface area contributed by atoms with Crippen LogP contribution in [0.3, 0.4) is 0 Å². The van der Waals surface area contributed by atoms with Crippen LogP contribution in [0.4, 0.5) is 30.7 Å². The minimum Gasteiger partial charge on any atom is -0.504 e. The zero-order chi connectivity index (χ0) is 37.6. The van der Waals surface area contributed by atoms with Crippen molar-refractivity contribution < 1.29 is 45.3 Å². The van der Waals surface area contributed by atoms with Crippen molar-refractivity contribution in [3.63, 3.8) is 0 Å². The summed E-state index contributed by atoms with van der Waals surface area (Å²) in [5.41, 5.74) is 0.555. The van der Waals surface area contributed by atoms with Gasteiger partial charge in [0.2, 0.25) is 5.82 Å². The van der Waals surface area contributed by atoms with Crippen LogP contribution in [0.2, 0.25) is 0 Å². The standard InChI is InChI=1S/C20H22F4N2O.C18H19F3N2O2/c1-13-3-4-16(17(21)11-13)19(27-15-6-9-26(2)10-7-15)18-12-14(5-8-25-18)20(22,23)24;1-23-8-6-12(7-9-23)25-18(15-5-2-11(19)10-22-15)13-3-4-14(20)16(21)17(13)24/h3-5,8,11-12,15,19H,6-7,9-10H2,1-2H3;2-5,10,12,18,24H,6-9H2,1H3. The number of rotatable bonds is 8. The maximum absolute atomic E-state index is 14.6. The first-order chi connectivity index (χ1) is 24.7. The van der Waals surface area contributed by atoms with E-state index in [1.807, 2.05) is 14.1 Å². The maximum Gasteiger partial charge on any atom is 0.416 e. The van der Waals surface area contributed by atoms with E-state index in [1.54, 1.807) is 19.1 Å². The van der Waals surface area contributed by atoms with E-state index in [9.17, 15) is 35.8 Å². The van der Waals surface area contributed by atoms with Gasteiger partial charge in [-0.2, -0.15) is 17.6 Å². The van der Waals surface area contributed by atoms with Gasteiger partial charge in [-0.25, -0.2) is 13.2 Å². The van der Waals surface area contributed by atoms with Gasteiger partial charge in [0, 0.05) is 43.5 Å². The number of aromatic nitrogens is 2. The molecule has 0 radical (unpaired) electrons. The predicted molar refractivity (Wildman–Crippen MR) is 179 cm³/mol. The van der Waals surface area contributed by atoms with E-state index in [1.165, 1.54) is 24.3 Å². The first kappa shape index (κ1) is 39.1. The summed E-state index contributed by atoms with van der Waals surface area (Å²) in [5, 5.41) is 10.0. The third-order valence-corrected chi connectivity index (χ3v) is 9.21. The third kappa shape index (κ3) is 10.1. The molecule has 4 aromatic rings. The van der Waals surface area contributed by atoms with Gasteiger partial charge in [-0.3, -0.25) is 9.97 Å². The highest BCUT2D eigenvalue weighted by molar-refractivity contribution is 5.40. The second-order valence-electron chi connectivity index (χ2n) is 13.2. The fraction of sp³-hybridized carbons (Fsp3) is 0.421. The first-order valence-electron chi connectivity index (χ1n) is 16.9. The van der Waals surface area contributed by atoms with Crippen molar-refractivity contribution in [2.75, 3.05) is 40.3 Å². The molecule has 0 bridgehead atoms. The van der Waals surface area contributed by atoms with E-state index in [4.69, 9.17) is 9.47 Å². The van der Waals surface area contributed by atoms with Crippen molar-refractivity contribution >= 4 is 0 Å². The van der Waals surface area contributed by atoms with Gasteiger partial charge in [0.15, 0.2) is 11.6 Å². The van der Waals surface area contributed by atoms with Gasteiger partial charge in [0.1, 0.15) is 23.8 Å². The average molecular weight is 735 g/mol. The molecule has 14 heteroatoms. The van der Waals surface area contributed by atoms with Gasteiger partial charge in [-0.15, -0.1) is 0 Å². The number of benzene rings is 2. The van der Waals surface area contributed by atoms with Crippen LogP contribution in [0.5, 0.6) is 5.75 Å². The van der Waals surface area contributed by atoms with Gasteiger partial charge in [-0.1, -0.05) is 12.1 Å². The number of alkyl halides is 3. The highest BCUT2D eigenvalue weighted by Gasteiger charge is 2.33. The lowest BCUT2D eigenvalue weighted by atomic mass is 10.0. The molecule has 4 heterocycles. The minimum atomic E-state index is -4.50. The lowest BCUT2D eigenvalue weighted by Gasteiger charge is -2.32. The highest BCUT2D eigenvalue weighted by atomic mass is 19.4. The molecule has 0 amide bonds. The molecule has 2 saturated heterocycles. The second kappa shape index (κ2) is 17.1. The fourth-order valence-corrected chi connectivity index (χ4v) is 6.15. The van der Waals surface area contributed by atoms with Crippen molar-refractivity contribution in [2.45, 2.75) is 63.2 Å². The third-order valence-electron chi connectivity index (χ3n) is 9.21. The summed E-state index contributed by atoms with van der Waals surface area (Å²) in [4.78, 5) is 12.4. The van der Waals surface area contributed by atoms with Crippen LogP contribution >= 0.6 is 0 Å². The molecule has 6 rings (SSSR count). The van der Waals surface area contributed by atoms with E-state index in [-0.39, 0.29) is 29.0 Å². The number of phenols is 1. The number of hydrogen-bond donors (Lipinski definition) is 1. The van der Waals surface area contributed by atoms with Crippen LogP contribution in [-0.2, 0) is 15.7 Å². The molecular formula is C38H41F7N4O3. The van der Waals surface area contributed by atoms with E-state index in [0.29, 0.717) is 5.69 Å². The largest absolute Gasteiger partial charge is 0.504 e. The Morgan fingerprint density at radius 3 is 1.83 bits per heavy atom. The molecule has 2 aliphatic rings. The zero-order valence-electron chi connectivity index (χ0n) is 29.0. The molecule has 0 saturated carbocycles. The molecule has 2 aromatic heterocycles. The predicted octanol–water partition coefficient (Wildman–Crippen LogP) is 8.15. The molecule has 2 aromatic carbocycles. The minimum absolute atomic E-state index is 0.0616. The van der Waals surface area contributed by atoms with E-state index in [2.05, 4.69) is 19.8 Å². The number of halogens is 7. The molecule has 1 N–H and O–H groups in total. The summed E-state index contributed by atoms with van der Waals surface area (Å²) in [6.45, 7) is 5.09. The number of phenolic OH excluding ortho intramolecular Hbond substituents is 1. The Kier molecular flexibility index (Phi) is 12.9. The number of nitrogens with zero attached hydrogens (tertiary/aromatic N) is 4. The smallest absolute Gasteiger partial charge is 0.416 e. The van der Waals surface area contributed by atoms with Crippen molar-refractivity contribution in [3.05, 3.63) is 124 Å². The van der Waals surface area contributed by atoms with Gasteiger partial charge in [0.05, 0.1) is 35.4 Å². The summed E-state index contributed by atoms with van der Waals surface area (Å²) in [6.07, 6.45) is -1.57. The zero-order valence-corrected chi connectivity index (χ0v) is 29.0. The maximum atomic E-state index is 14.6. The fourth-order valence-electron chi connectivity index (χ4n) is 6.15. The Balaban J connectivity index is 0.000000202. The Labute approximate surface area is 298 Å². The van der Waals surface area contributed by atoms with E-state index >= 15 is 0 Å². The summed E-state index contributed by atoms with van der Waals surface area (Å²) in [5.74, 6) is -4.32. The van der Waals surface area contributed by atoms with Crippen LogP contribution < -0.4 is 0 Å². The molecule has 2 aliphatic heterocycles. The molecule has 7 nitrogen and oxygen atoms in total. The number of aryl methyl sites for hydroxylation is 1. The number of hydrogen-bond acceptors (Lipinski definition) is 7. The Hall–Kier alpha value is -4.11. The van der Waals surface area contributed by atoms with Crippen LogP contribution in [0.25, 0.3) is 0 Å². The molecular weight excluding hydrogens is 693 g/mol. The Morgan fingerprint density at radius 2 is 1.29 bits per heavy atom. The van der Waals surface area contributed by atoms with Gasteiger partial charge >= 0.3 is 6.18 Å². The van der Waals surface area contributed by atoms with Crippen LogP contribution in [0, 0.1) is 30.2 Å². The molecule has 2 unspecified atom stereocenters. The lowest BCUT2D eigenvalue weighted by molar-refractivity contribution is -0.137. The molecule has 0 aliphatic carbocycles. The summed E-state index contributed by atoms with van der Waals surface area (Å²) >= 11 is 0. The van der Waals surface area contributed by atoms with Gasteiger partial charge in [-0.05, 0) is 94.7 Å². The Morgan fingerprint density at radius 1 is 0.712 bits per heavy atom. The quantitative estimate of drug-likeness (QED) is 0.183. The van der Waals surface area contributed by atoms with Crippen LogP contribution in [0.15, 0.2) is 67.0 Å². The lowest BCUT2D eigenvalue weighted by Crippen LogP contribution is -2.35. The molecule has 52 heavy (non-hydrogen) atoms. The van der Waals surface area contributed by atoms with Crippen LogP contribution in [-0.4, -0.2) is 77.4 Å². The van der Waals surface area contributed by atoms with Crippen molar-refractivity contribution in [1.29, 1.82) is 0 Å². The highest BCUT2D eigenvalue weighted by Crippen LogP contribution is 2.37. The Bertz CT molecular complexity index is 1780. The van der Waals surface area contributed by atoms with Crippen molar-refractivity contribution in [2.24, 2.45) is 0 Å². The summed E-state index contributed by atoms with van der Waals surface area (Å²) < 4.78 is 106. The monoisotopic (exact) mass is 734 g/mol. The molecule has 2 atom stereocenters. The number of pyridine rings is 2. The van der Waals surface area contributed by atoms with Crippen molar-refractivity contribution in [1.82, 2.24) is 19.8 Å².